The van der Waals surface area contributed by atoms with E-state index in [9.17, 15) is 8.42 Å². The third kappa shape index (κ3) is 2.69. The number of piperidine rings is 1. The highest BCUT2D eigenvalue weighted by Crippen LogP contribution is 2.34. The summed E-state index contributed by atoms with van der Waals surface area (Å²) in [7, 11) is -3.35. The molecule has 0 aliphatic carbocycles. The van der Waals surface area contributed by atoms with Gasteiger partial charge >= 0.3 is 0 Å². The summed E-state index contributed by atoms with van der Waals surface area (Å²) in [5.41, 5.74) is 3.16. The van der Waals surface area contributed by atoms with Crippen LogP contribution in [0.1, 0.15) is 37.3 Å². The summed E-state index contributed by atoms with van der Waals surface area (Å²) in [5, 5.41) is 3.37. The van der Waals surface area contributed by atoms with Gasteiger partial charge in [-0.3, -0.25) is 0 Å². The molecule has 3 rings (SSSR count). The largest absolute Gasteiger partial charge is 0.385 e. The predicted octanol–water partition coefficient (Wildman–Crippen LogP) is 2.77. The minimum atomic E-state index is -3.35. The molecule has 21 heavy (non-hydrogen) atoms. The van der Waals surface area contributed by atoms with Gasteiger partial charge < -0.3 is 5.32 Å². The van der Waals surface area contributed by atoms with Crippen molar-refractivity contribution >= 4 is 15.7 Å². The summed E-state index contributed by atoms with van der Waals surface area (Å²) in [6.07, 6.45) is 3.77. The van der Waals surface area contributed by atoms with Crippen LogP contribution in [0.5, 0.6) is 0 Å². The van der Waals surface area contributed by atoms with Crippen LogP contribution < -0.4 is 5.32 Å². The van der Waals surface area contributed by atoms with E-state index in [0.717, 1.165) is 49.0 Å². The summed E-state index contributed by atoms with van der Waals surface area (Å²) >= 11 is 0. The van der Waals surface area contributed by atoms with E-state index in [-0.39, 0.29) is 0 Å². The fourth-order valence-corrected chi connectivity index (χ4v) is 5.05. The molecule has 116 valence electrons. The highest BCUT2D eigenvalue weighted by atomic mass is 32.2. The van der Waals surface area contributed by atoms with E-state index in [2.05, 4.69) is 12.2 Å². The van der Waals surface area contributed by atoms with Crippen LogP contribution in [0.4, 0.5) is 5.69 Å². The van der Waals surface area contributed by atoms with Crippen molar-refractivity contribution in [1.82, 2.24) is 4.31 Å². The molecule has 0 bridgehead atoms. The highest BCUT2D eigenvalue weighted by Gasteiger charge is 2.31. The normalized spacial score (nSPS) is 20.9. The maximum Gasteiger partial charge on any atom is 0.243 e. The van der Waals surface area contributed by atoms with Crippen LogP contribution in [0.2, 0.25) is 0 Å². The van der Waals surface area contributed by atoms with Crippen LogP contribution in [0.15, 0.2) is 17.0 Å². The first-order chi connectivity index (χ1) is 10.00. The Morgan fingerprint density at radius 3 is 2.67 bits per heavy atom. The van der Waals surface area contributed by atoms with Gasteiger partial charge in [-0.15, -0.1) is 0 Å². The standard InChI is InChI=1S/C16H24N2O2S/c1-12-7-10-18(11-8-12)21(19,20)15-6-5-13(2)16-14(15)4-3-9-17-16/h5-6,12,17H,3-4,7-11H2,1-2H3. The van der Waals surface area contributed by atoms with Crippen molar-refractivity contribution in [2.75, 3.05) is 25.0 Å². The molecule has 2 aliphatic rings. The SMILES string of the molecule is Cc1ccc(S(=O)(=O)N2CCC(C)CC2)c2c1NCCC2. The number of benzene rings is 1. The topological polar surface area (TPSA) is 49.4 Å². The average molecular weight is 308 g/mol. The van der Waals surface area contributed by atoms with E-state index in [0.29, 0.717) is 23.9 Å². The second-order valence-electron chi connectivity index (χ2n) is 6.35. The van der Waals surface area contributed by atoms with Gasteiger partial charge in [0.1, 0.15) is 0 Å². The summed E-state index contributed by atoms with van der Waals surface area (Å²) in [6.45, 7) is 6.47. The Morgan fingerprint density at radius 1 is 1.24 bits per heavy atom. The summed E-state index contributed by atoms with van der Waals surface area (Å²) < 4.78 is 27.6. The lowest BCUT2D eigenvalue weighted by molar-refractivity contribution is 0.288. The molecule has 0 spiro atoms. The van der Waals surface area contributed by atoms with Gasteiger partial charge in [-0.25, -0.2) is 8.42 Å². The molecule has 1 aromatic carbocycles. The van der Waals surface area contributed by atoms with Gasteiger partial charge in [0, 0.05) is 25.3 Å². The molecule has 2 heterocycles. The van der Waals surface area contributed by atoms with Gasteiger partial charge in [-0.2, -0.15) is 4.31 Å². The van der Waals surface area contributed by atoms with Crippen LogP contribution in [0, 0.1) is 12.8 Å². The smallest absolute Gasteiger partial charge is 0.243 e. The van der Waals surface area contributed by atoms with Crippen molar-refractivity contribution in [3.05, 3.63) is 23.3 Å². The number of hydrogen-bond acceptors (Lipinski definition) is 3. The molecule has 4 nitrogen and oxygen atoms in total. The van der Waals surface area contributed by atoms with Crippen LogP contribution in [-0.4, -0.2) is 32.4 Å². The van der Waals surface area contributed by atoms with Crippen LogP contribution >= 0.6 is 0 Å². The minimum Gasteiger partial charge on any atom is -0.385 e. The third-order valence-electron chi connectivity index (χ3n) is 4.74. The Kier molecular flexibility index (Phi) is 3.97. The first-order valence-corrected chi connectivity index (χ1v) is 9.30. The highest BCUT2D eigenvalue weighted by molar-refractivity contribution is 7.89. The lowest BCUT2D eigenvalue weighted by atomic mass is 10.00. The lowest BCUT2D eigenvalue weighted by Gasteiger charge is -2.31. The van der Waals surface area contributed by atoms with Gasteiger partial charge in [-0.1, -0.05) is 13.0 Å². The van der Waals surface area contributed by atoms with Gasteiger partial charge in [0.2, 0.25) is 10.0 Å². The van der Waals surface area contributed by atoms with Crippen molar-refractivity contribution < 1.29 is 8.42 Å². The zero-order chi connectivity index (χ0) is 15.0. The number of sulfonamides is 1. The third-order valence-corrected chi connectivity index (χ3v) is 6.73. The van der Waals surface area contributed by atoms with Crippen LogP contribution in [0.25, 0.3) is 0 Å². The van der Waals surface area contributed by atoms with Gasteiger partial charge in [-0.05, 0) is 55.7 Å². The van der Waals surface area contributed by atoms with Crippen molar-refractivity contribution in [3.63, 3.8) is 0 Å². The van der Waals surface area contributed by atoms with Crippen molar-refractivity contribution in [2.24, 2.45) is 5.92 Å². The molecule has 0 amide bonds. The zero-order valence-corrected chi connectivity index (χ0v) is 13.7. The van der Waals surface area contributed by atoms with Crippen LogP contribution in [-0.2, 0) is 16.4 Å². The Morgan fingerprint density at radius 2 is 1.95 bits per heavy atom. The van der Waals surface area contributed by atoms with Crippen molar-refractivity contribution in [2.45, 2.75) is 44.4 Å². The van der Waals surface area contributed by atoms with E-state index in [1.807, 2.05) is 13.0 Å². The average Bonchev–Trinajstić information content (AvgIpc) is 2.48. The monoisotopic (exact) mass is 308 g/mol. The van der Waals surface area contributed by atoms with E-state index in [4.69, 9.17) is 0 Å². The quantitative estimate of drug-likeness (QED) is 0.914. The number of anilines is 1. The Balaban J connectivity index is 1.99. The maximum atomic E-state index is 13.0. The van der Waals surface area contributed by atoms with E-state index in [1.54, 1.807) is 10.4 Å². The molecule has 1 fully saturated rings. The fourth-order valence-electron chi connectivity index (χ4n) is 3.32. The van der Waals surface area contributed by atoms with Crippen molar-refractivity contribution in [1.29, 1.82) is 0 Å². The molecule has 5 heteroatoms. The van der Waals surface area contributed by atoms with Gasteiger partial charge in [0.15, 0.2) is 0 Å². The zero-order valence-electron chi connectivity index (χ0n) is 12.9. The molecule has 2 aliphatic heterocycles. The molecule has 1 aromatic rings. The number of hydrogen-bond donors (Lipinski definition) is 1. The molecule has 0 unspecified atom stereocenters. The molecule has 0 atom stereocenters. The Labute approximate surface area is 127 Å². The summed E-state index contributed by atoms with van der Waals surface area (Å²) in [5.74, 6) is 0.630. The van der Waals surface area contributed by atoms with Gasteiger partial charge in [0.05, 0.1) is 4.90 Å². The first kappa shape index (κ1) is 14.9. The van der Waals surface area contributed by atoms with E-state index in [1.165, 1.54) is 0 Å². The molecule has 1 saturated heterocycles. The minimum absolute atomic E-state index is 0.518. The first-order valence-electron chi connectivity index (χ1n) is 7.86. The predicted molar refractivity (Wildman–Crippen MR) is 85.1 cm³/mol. The fraction of sp³-hybridized carbons (Fsp3) is 0.625. The second kappa shape index (κ2) is 5.61. The molecule has 0 radical (unpaired) electrons. The number of nitrogens with one attached hydrogen (secondary N) is 1. The Bertz CT molecular complexity index is 632. The lowest BCUT2D eigenvalue weighted by Crippen LogP contribution is -2.38. The number of rotatable bonds is 2. The van der Waals surface area contributed by atoms with Gasteiger partial charge in [0.25, 0.3) is 0 Å². The second-order valence-corrected chi connectivity index (χ2v) is 8.26. The molecule has 1 N–H and O–H groups in total. The number of fused-ring (bicyclic) bond motifs is 1. The number of aryl methyl sites for hydroxylation is 1. The van der Waals surface area contributed by atoms with Crippen molar-refractivity contribution in [3.8, 4) is 0 Å². The summed E-state index contributed by atoms with van der Waals surface area (Å²) in [4.78, 5) is 0.518. The molecular weight excluding hydrogens is 284 g/mol. The molecular formula is C16H24N2O2S. The molecule has 0 aromatic heterocycles. The molecule has 0 saturated carbocycles. The number of nitrogens with zero attached hydrogens (tertiary/aromatic N) is 1. The van der Waals surface area contributed by atoms with E-state index < -0.39 is 10.0 Å². The Hall–Kier alpha value is -1.07. The van der Waals surface area contributed by atoms with Crippen LogP contribution in [0.3, 0.4) is 0 Å². The summed E-state index contributed by atoms with van der Waals surface area (Å²) in [6, 6.07) is 3.73. The maximum absolute atomic E-state index is 13.0. The van der Waals surface area contributed by atoms with E-state index >= 15 is 0 Å².